The van der Waals surface area contributed by atoms with Crippen molar-refractivity contribution in [2.75, 3.05) is 46.9 Å². The maximum absolute atomic E-state index is 11.7. The molecular formula is C25H49N2O2+. The van der Waals surface area contributed by atoms with Crippen LogP contribution >= 0.6 is 0 Å². The lowest BCUT2D eigenvalue weighted by atomic mass is 10.1. The zero-order valence-electron chi connectivity index (χ0n) is 19.8. The van der Waals surface area contributed by atoms with Gasteiger partial charge in [0, 0.05) is 25.9 Å². The molecule has 0 unspecified atom stereocenters. The number of nitrogens with zero attached hydrogens (tertiary/aromatic N) is 2. The molecule has 4 nitrogen and oxygen atoms in total. The van der Waals surface area contributed by atoms with Gasteiger partial charge in [-0.05, 0) is 38.2 Å². The molecule has 1 fully saturated rings. The number of amides is 1. The van der Waals surface area contributed by atoms with Gasteiger partial charge in [-0.25, -0.2) is 0 Å². The van der Waals surface area contributed by atoms with Gasteiger partial charge in [0.25, 0.3) is 0 Å². The number of ether oxygens (including phenoxy) is 1. The molecule has 1 saturated heterocycles. The van der Waals surface area contributed by atoms with E-state index in [1.807, 2.05) is 11.2 Å². The summed E-state index contributed by atoms with van der Waals surface area (Å²) >= 11 is 0. The van der Waals surface area contributed by atoms with E-state index in [1.54, 1.807) is 0 Å². The van der Waals surface area contributed by atoms with Gasteiger partial charge in [0.1, 0.15) is 0 Å². The van der Waals surface area contributed by atoms with Crippen LogP contribution < -0.4 is 0 Å². The first kappa shape index (κ1) is 26.0. The molecule has 0 aromatic heterocycles. The third kappa shape index (κ3) is 14.6. The number of hydrogen-bond donors (Lipinski definition) is 0. The van der Waals surface area contributed by atoms with Crippen molar-refractivity contribution in [1.29, 1.82) is 0 Å². The molecule has 0 spiro atoms. The van der Waals surface area contributed by atoms with Gasteiger partial charge in [-0.1, -0.05) is 51.9 Å². The fraction of sp³-hybridized carbons (Fsp3) is 0.880. The molecule has 1 rings (SSSR count). The van der Waals surface area contributed by atoms with Gasteiger partial charge in [0.15, 0.2) is 0 Å². The molecule has 0 bridgehead atoms. The van der Waals surface area contributed by atoms with Crippen molar-refractivity contribution in [3.05, 3.63) is 12.3 Å². The lowest BCUT2D eigenvalue weighted by molar-refractivity contribution is -0.890. The summed E-state index contributed by atoms with van der Waals surface area (Å²) in [6.45, 7) is 7.33. The normalized spacial score (nSPS) is 15.0. The SMILES string of the molecule is CCCCCCCCCCC=COCCCC[N+](C)(C)CCCN1CCCC1=O. The van der Waals surface area contributed by atoms with Gasteiger partial charge < -0.3 is 14.1 Å². The molecule has 1 aliphatic heterocycles. The summed E-state index contributed by atoms with van der Waals surface area (Å²) in [6, 6.07) is 0. The van der Waals surface area contributed by atoms with Gasteiger partial charge in [-0.2, -0.15) is 0 Å². The molecule has 0 aromatic carbocycles. The van der Waals surface area contributed by atoms with E-state index in [9.17, 15) is 4.79 Å². The van der Waals surface area contributed by atoms with Crippen LogP contribution in [0.15, 0.2) is 12.3 Å². The van der Waals surface area contributed by atoms with E-state index in [0.717, 1.165) is 62.8 Å². The van der Waals surface area contributed by atoms with E-state index in [4.69, 9.17) is 4.74 Å². The molecule has 0 N–H and O–H groups in total. The third-order valence-corrected chi connectivity index (χ3v) is 6.06. The molecule has 29 heavy (non-hydrogen) atoms. The number of carbonyl (C=O) groups excluding carboxylic acids is 1. The van der Waals surface area contributed by atoms with Gasteiger partial charge in [0.2, 0.25) is 5.91 Å². The Morgan fingerprint density at radius 2 is 1.62 bits per heavy atom. The third-order valence-electron chi connectivity index (χ3n) is 6.06. The van der Waals surface area contributed by atoms with Crippen molar-refractivity contribution in [3.63, 3.8) is 0 Å². The molecular weight excluding hydrogens is 360 g/mol. The molecule has 1 amide bonds. The number of unbranched alkanes of at least 4 members (excludes halogenated alkanes) is 9. The highest BCUT2D eigenvalue weighted by Crippen LogP contribution is 2.12. The number of quaternary nitrogens is 1. The Morgan fingerprint density at radius 1 is 0.931 bits per heavy atom. The number of likely N-dealkylation sites (tertiary alicyclic amines) is 1. The van der Waals surface area contributed by atoms with Crippen molar-refractivity contribution in [3.8, 4) is 0 Å². The minimum absolute atomic E-state index is 0.350. The Labute approximate surface area is 181 Å². The standard InChI is InChI=1S/C25H49N2O2/c1-4-5-6-7-8-9-10-11-12-14-23-29-24-15-13-21-27(2,3)22-17-20-26-19-16-18-25(26)28/h14,23H,4-13,15-22,24H2,1-3H3/q+1. The molecule has 0 atom stereocenters. The minimum atomic E-state index is 0.350. The van der Waals surface area contributed by atoms with E-state index >= 15 is 0 Å². The summed E-state index contributed by atoms with van der Waals surface area (Å²) in [6.07, 6.45) is 21.5. The average Bonchev–Trinajstić information content (AvgIpc) is 3.09. The predicted octanol–water partition coefficient (Wildman–Crippen LogP) is 5.92. The van der Waals surface area contributed by atoms with Gasteiger partial charge >= 0.3 is 0 Å². The van der Waals surface area contributed by atoms with Crippen molar-refractivity contribution < 1.29 is 14.0 Å². The first-order valence-electron chi connectivity index (χ1n) is 12.4. The summed E-state index contributed by atoms with van der Waals surface area (Å²) in [5.41, 5.74) is 0. The Morgan fingerprint density at radius 3 is 2.31 bits per heavy atom. The van der Waals surface area contributed by atoms with Crippen LogP contribution in [-0.2, 0) is 9.53 Å². The van der Waals surface area contributed by atoms with Crippen molar-refractivity contribution in [1.82, 2.24) is 4.90 Å². The molecule has 1 heterocycles. The molecule has 0 saturated carbocycles. The van der Waals surface area contributed by atoms with Crippen LogP contribution in [0.3, 0.4) is 0 Å². The highest BCUT2D eigenvalue weighted by atomic mass is 16.5. The maximum atomic E-state index is 11.7. The van der Waals surface area contributed by atoms with Crippen LogP contribution in [0.5, 0.6) is 0 Å². The maximum Gasteiger partial charge on any atom is 0.222 e. The molecule has 1 aliphatic rings. The fourth-order valence-electron chi connectivity index (χ4n) is 4.07. The second-order valence-corrected chi connectivity index (χ2v) is 9.43. The van der Waals surface area contributed by atoms with Crippen LogP contribution in [0, 0.1) is 0 Å². The minimum Gasteiger partial charge on any atom is -0.502 e. The lowest BCUT2D eigenvalue weighted by Gasteiger charge is -2.30. The first-order valence-corrected chi connectivity index (χ1v) is 12.4. The molecule has 4 heteroatoms. The van der Waals surface area contributed by atoms with Gasteiger partial charge in [0.05, 0.1) is 40.1 Å². The fourth-order valence-corrected chi connectivity index (χ4v) is 4.07. The van der Waals surface area contributed by atoms with E-state index in [-0.39, 0.29) is 0 Å². The van der Waals surface area contributed by atoms with E-state index in [0.29, 0.717) is 5.91 Å². The smallest absolute Gasteiger partial charge is 0.222 e. The lowest BCUT2D eigenvalue weighted by Crippen LogP contribution is -2.42. The monoisotopic (exact) mass is 409 g/mol. The average molecular weight is 410 g/mol. The quantitative estimate of drug-likeness (QED) is 0.151. The van der Waals surface area contributed by atoms with Crippen molar-refractivity contribution in [2.45, 2.75) is 96.8 Å². The Kier molecular flexibility index (Phi) is 15.0. The van der Waals surface area contributed by atoms with E-state index < -0.39 is 0 Å². The number of carbonyl (C=O) groups is 1. The Bertz CT molecular complexity index is 435. The first-order chi connectivity index (χ1) is 14.0. The largest absolute Gasteiger partial charge is 0.502 e. The molecule has 0 aliphatic carbocycles. The van der Waals surface area contributed by atoms with Crippen LogP contribution in [0.1, 0.15) is 96.8 Å². The van der Waals surface area contributed by atoms with Crippen molar-refractivity contribution >= 4 is 5.91 Å². The Hall–Kier alpha value is -1.03. The van der Waals surface area contributed by atoms with Crippen LogP contribution in [-0.4, -0.2) is 62.2 Å². The van der Waals surface area contributed by atoms with Crippen LogP contribution in [0.4, 0.5) is 0 Å². The highest BCUT2D eigenvalue weighted by molar-refractivity contribution is 5.77. The topological polar surface area (TPSA) is 29.5 Å². The number of hydrogen-bond acceptors (Lipinski definition) is 2. The molecule has 0 aromatic rings. The van der Waals surface area contributed by atoms with Crippen LogP contribution in [0.25, 0.3) is 0 Å². The summed E-state index contributed by atoms with van der Waals surface area (Å²) in [5.74, 6) is 0.350. The van der Waals surface area contributed by atoms with E-state index in [1.165, 1.54) is 64.3 Å². The number of rotatable bonds is 19. The zero-order valence-corrected chi connectivity index (χ0v) is 19.8. The number of allylic oxidation sites excluding steroid dienone is 1. The highest BCUT2D eigenvalue weighted by Gasteiger charge is 2.21. The summed E-state index contributed by atoms with van der Waals surface area (Å²) < 4.78 is 6.69. The molecule has 170 valence electrons. The van der Waals surface area contributed by atoms with Crippen LogP contribution in [0.2, 0.25) is 0 Å². The second-order valence-electron chi connectivity index (χ2n) is 9.43. The van der Waals surface area contributed by atoms with Gasteiger partial charge in [-0.15, -0.1) is 0 Å². The zero-order chi connectivity index (χ0) is 21.2. The second kappa shape index (κ2) is 16.7. The van der Waals surface area contributed by atoms with Gasteiger partial charge in [-0.3, -0.25) is 4.79 Å². The summed E-state index contributed by atoms with van der Waals surface area (Å²) in [4.78, 5) is 13.7. The Balaban J connectivity index is 1.87. The van der Waals surface area contributed by atoms with Crippen molar-refractivity contribution in [2.24, 2.45) is 0 Å². The predicted molar refractivity (Wildman–Crippen MR) is 124 cm³/mol. The summed E-state index contributed by atoms with van der Waals surface area (Å²) in [7, 11) is 4.60. The molecule has 0 radical (unpaired) electrons. The summed E-state index contributed by atoms with van der Waals surface area (Å²) in [5, 5.41) is 0. The van der Waals surface area contributed by atoms with E-state index in [2.05, 4.69) is 27.1 Å².